The van der Waals surface area contributed by atoms with Gasteiger partial charge in [-0.1, -0.05) is 12.1 Å². The summed E-state index contributed by atoms with van der Waals surface area (Å²) >= 11 is 0. The molecule has 5 heterocycles. The first kappa shape index (κ1) is 22.7. The molecule has 0 saturated carbocycles. The zero-order chi connectivity index (χ0) is 25.0. The van der Waals surface area contributed by atoms with Gasteiger partial charge in [0, 0.05) is 44.4 Å². The van der Waals surface area contributed by atoms with E-state index in [1.807, 2.05) is 42.0 Å². The average Bonchev–Trinajstić information content (AvgIpc) is 3.39. The van der Waals surface area contributed by atoms with Crippen molar-refractivity contribution in [2.45, 2.75) is 58.2 Å². The predicted molar refractivity (Wildman–Crippen MR) is 131 cm³/mol. The summed E-state index contributed by atoms with van der Waals surface area (Å²) in [5, 5.41) is 0. The molecule has 0 amide bonds. The molecule has 1 saturated heterocycles. The largest absolute Gasteiger partial charge is 0.359 e. The summed E-state index contributed by atoms with van der Waals surface area (Å²) in [6.07, 6.45) is 5.67. The summed E-state index contributed by atoms with van der Waals surface area (Å²) in [6, 6.07) is 7.39. The van der Waals surface area contributed by atoms with Gasteiger partial charge in [0.1, 0.15) is 11.6 Å². The maximum absolute atomic E-state index is 13.3. The third kappa shape index (κ3) is 3.92. The summed E-state index contributed by atoms with van der Waals surface area (Å²) in [4.78, 5) is 38.9. The lowest BCUT2D eigenvalue weighted by molar-refractivity contribution is -0.0262. The number of alkyl halides is 2. The minimum atomic E-state index is -2.63. The Hall–Kier alpha value is -3.76. The molecule has 1 aromatic carbocycles. The average molecular weight is 496 g/mol. The fourth-order valence-electron chi connectivity index (χ4n) is 5.22. The number of nitrogens with one attached hydrogen (secondary N) is 1. The molecular formula is C25H27F2N7O2. The lowest BCUT2D eigenvalue weighted by Gasteiger charge is -2.40. The van der Waals surface area contributed by atoms with Gasteiger partial charge >= 0.3 is 5.69 Å². The van der Waals surface area contributed by atoms with Gasteiger partial charge in [-0.15, -0.1) is 0 Å². The molecule has 0 spiro atoms. The summed E-state index contributed by atoms with van der Waals surface area (Å²) in [5.41, 5.74) is 2.22. The van der Waals surface area contributed by atoms with E-state index in [-0.39, 0.29) is 13.1 Å². The molecule has 1 N–H and O–H groups in total. The summed E-state index contributed by atoms with van der Waals surface area (Å²) < 4.78 is 32.0. The number of hydrogen-bond donors (Lipinski definition) is 1. The van der Waals surface area contributed by atoms with E-state index in [2.05, 4.69) is 9.55 Å². The Bertz CT molecular complexity index is 1530. The van der Waals surface area contributed by atoms with Crippen molar-refractivity contribution in [3.8, 4) is 0 Å². The Balaban J connectivity index is 1.38. The number of hydrogen-bond acceptors (Lipinski definition) is 5. The number of imidazole rings is 2. The molecule has 2 aliphatic heterocycles. The summed E-state index contributed by atoms with van der Waals surface area (Å²) in [6.45, 7) is 2.95. The Morgan fingerprint density at radius 1 is 1.06 bits per heavy atom. The molecule has 2 aliphatic rings. The molecule has 3 aromatic heterocycles. The molecule has 36 heavy (non-hydrogen) atoms. The minimum absolute atomic E-state index is 0.277. The van der Waals surface area contributed by atoms with Crippen LogP contribution in [0.3, 0.4) is 0 Å². The second kappa shape index (κ2) is 8.42. The molecule has 188 valence electrons. The quantitative estimate of drug-likeness (QED) is 0.444. The maximum atomic E-state index is 13.3. The molecule has 11 heteroatoms. The van der Waals surface area contributed by atoms with Crippen LogP contribution in [0.1, 0.15) is 42.7 Å². The van der Waals surface area contributed by atoms with Gasteiger partial charge in [0.2, 0.25) is 0 Å². The van der Waals surface area contributed by atoms with Crippen molar-refractivity contribution < 1.29 is 8.78 Å². The molecule has 1 fully saturated rings. The third-order valence-electron chi connectivity index (χ3n) is 7.07. The van der Waals surface area contributed by atoms with Crippen LogP contribution in [0.25, 0.3) is 11.2 Å². The number of benzene rings is 1. The van der Waals surface area contributed by atoms with Crippen molar-refractivity contribution >= 4 is 16.9 Å². The van der Waals surface area contributed by atoms with Crippen LogP contribution < -0.4 is 16.1 Å². The second-order valence-corrected chi connectivity index (χ2v) is 9.64. The van der Waals surface area contributed by atoms with Gasteiger partial charge < -0.3 is 14.0 Å². The monoisotopic (exact) mass is 495 g/mol. The van der Waals surface area contributed by atoms with Crippen molar-refractivity contribution in [3.05, 3.63) is 74.2 Å². The Labute approximate surface area is 205 Å². The first-order valence-electron chi connectivity index (χ1n) is 12.3. The van der Waals surface area contributed by atoms with Gasteiger partial charge in [-0.3, -0.25) is 14.3 Å². The maximum Gasteiger partial charge on any atom is 0.330 e. The van der Waals surface area contributed by atoms with Crippen LogP contribution in [-0.2, 0) is 32.5 Å². The van der Waals surface area contributed by atoms with E-state index < -0.39 is 17.2 Å². The number of anilines is 1. The van der Waals surface area contributed by atoms with E-state index in [1.165, 1.54) is 4.57 Å². The van der Waals surface area contributed by atoms with Crippen LogP contribution in [0, 0.1) is 0 Å². The SMILES string of the molecule is CCn1c(=O)[nH]c(=O)c2c1nc(Cc1cn3c(n1)CCCC3)n2Cc1ccc(N2CC(F)(F)C2)cc1. The summed E-state index contributed by atoms with van der Waals surface area (Å²) in [5.74, 6) is -0.925. The number of nitrogens with zero attached hydrogens (tertiary/aromatic N) is 6. The molecular weight excluding hydrogens is 468 g/mol. The van der Waals surface area contributed by atoms with Gasteiger partial charge in [0.25, 0.3) is 11.5 Å². The minimum Gasteiger partial charge on any atom is -0.359 e. The summed E-state index contributed by atoms with van der Waals surface area (Å²) in [7, 11) is 0. The number of fused-ring (bicyclic) bond motifs is 2. The number of aromatic nitrogens is 6. The zero-order valence-corrected chi connectivity index (χ0v) is 20.0. The van der Waals surface area contributed by atoms with Crippen molar-refractivity contribution in [2.24, 2.45) is 0 Å². The highest BCUT2D eigenvalue weighted by Gasteiger charge is 2.43. The van der Waals surface area contributed by atoms with E-state index in [4.69, 9.17) is 9.97 Å². The van der Waals surface area contributed by atoms with E-state index >= 15 is 0 Å². The first-order chi connectivity index (χ1) is 17.3. The number of halogens is 2. The smallest absolute Gasteiger partial charge is 0.330 e. The van der Waals surface area contributed by atoms with E-state index in [9.17, 15) is 18.4 Å². The molecule has 0 aliphatic carbocycles. The van der Waals surface area contributed by atoms with Gasteiger partial charge in [-0.2, -0.15) is 0 Å². The third-order valence-corrected chi connectivity index (χ3v) is 7.07. The first-order valence-corrected chi connectivity index (χ1v) is 12.3. The Morgan fingerprint density at radius 3 is 2.53 bits per heavy atom. The van der Waals surface area contributed by atoms with Gasteiger partial charge in [-0.05, 0) is 37.5 Å². The number of aryl methyl sites for hydroxylation is 3. The topological polar surface area (TPSA) is 93.7 Å². The zero-order valence-electron chi connectivity index (χ0n) is 20.0. The molecule has 0 radical (unpaired) electrons. The molecule has 0 bridgehead atoms. The second-order valence-electron chi connectivity index (χ2n) is 9.64. The van der Waals surface area contributed by atoms with Gasteiger partial charge in [0.05, 0.1) is 18.8 Å². The fourth-order valence-corrected chi connectivity index (χ4v) is 5.22. The number of H-pyrrole nitrogens is 1. The highest BCUT2D eigenvalue weighted by atomic mass is 19.3. The Morgan fingerprint density at radius 2 is 1.83 bits per heavy atom. The highest BCUT2D eigenvalue weighted by Crippen LogP contribution is 2.32. The van der Waals surface area contributed by atoms with Crippen LogP contribution in [-0.4, -0.2) is 47.7 Å². The van der Waals surface area contributed by atoms with Crippen LogP contribution in [0.4, 0.5) is 14.5 Å². The van der Waals surface area contributed by atoms with Crippen LogP contribution in [0.5, 0.6) is 0 Å². The number of aromatic amines is 1. The Kier molecular flexibility index (Phi) is 5.31. The van der Waals surface area contributed by atoms with E-state index in [1.54, 1.807) is 4.90 Å². The van der Waals surface area contributed by atoms with Crippen molar-refractivity contribution in [1.82, 2.24) is 28.7 Å². The van der Waals surface area contributed by atoms with Crippen LogP contribution in [0.15, 0.2) is 40.1 Å². The molecule has 4 aromatic rings. The van der Waals surface area contributed by atoms with Crippen LogP contribution >= 0.6 is 0 Å². The predicted octanol–water partition coefficient (Wildman–Crippen LogP) is 2.53. The number of rotatable bonds is 6. The van der Waals surface area contributed by atoms with Gasteiger partial charge in [0.15, 0.2) is 11.2 Å². The van der Waals surface area contributed by atoms with E-state index in [0.29, 0.717) is 36.5 Å². The standard InChI is InChI=1S/C25H27F2N7O2/c1-2-33-22-21(23(35)30-24(33)36)34(12-16-6-8-18(9-7-16)32-14-25(26,27)15-32)20(29-22)11-17-13-31-10-4-3-5-19(31)28-17/h6-9,13H,2-5,10-12,14-15H2,1H3,(H,30,35,36). The molecule has 6 rings (SSSR count). The van der Waals surface area contributed by atoms with Crippen molar-refractivity contribution in [1.29, 1.82) is 0 Å². The van der Waals surface area contributed by atoms with E-state index in [0.717, 1.165) is 48.6 Å². The van der Waals surface area contributed by atoms with Crippen LogP contribution in [0.2, 0.25) is 0 Å². The van der Waals surface area contributed by atoms with Crippen molar-refractivity contribution in [3.63, 3.8) is 0 Å². The fraction of sp³-hybridized carbons (Fsp3) is 0.440. The molecule has 0 unspecified atom stereocenters. The lowest BCUT2D eigenvalue weighted by Crippen LogP contribution is -2.56. The van der Waals surface area contributed by atoms with Crippen molar-refractivity contribution in [2.75, 3.05) is 18.0 Å². The normalized spacial score (nSPS) is 16.8. The highest BCUT2D eigenvalue weighted by molar-refractivity contribution is 5.71. The molecule has 9 nitrogen and oxygen atoms in total. The van der Waals surface area contributed by atoms with Gasteiger partial charge in [-0.25, -0.2) is 23.5 Å². The lowest BCUT2D eigenvalue weighted by atomic mass is 10.1. The molecule has 0 atom stereocenters.